The maximum atomic E-state index is 12.6. The Balaban J connectivity index is 1.24. The third-order valence-corrected chi connectivity index (χ3v) is 6.28. The Morgan fingerprint density at radius 1 is 1.12 bits per heavy atom. The van der Waals surface area contributed by atoms with E-state index in [0.29, 0.717) is 36.3 Å². The van der Waals surface area contributed by atoms with E-state index in [4.69, 9.17) is 18.5 Å². The Kier molecular flexibility index (Phi) is 7.46. The van der Waals surface area contributed by atoms with E-state index in [1.807, 2.05) is 32.0 Å². The van der Waals surface area contributed by atoms with Gasteiger partial charge in [-0.2, -0.15) is 4.98 Å². The number of likely N-dealkylation sites (tertiary alicyclic amines) is 1. The van der Waals surface area contributed by atoms with Crippen LogP contribution in [0, 0.1) is 19.8 Å². The molecular weight excluding hydrogens is 438 g/mol. The summed E-state index contributed by atoms with van der Waals surface area (Å²) < 4.78 is 21.3. The lowest BCUT2D eigenvalue weighted by molar-refractivity contribution is -0.126. The number of amides is 1. The average molecular weight is 470 g/mol. The SMILES string of the molecule is COc1ccc(-c2noc(CN3CCC(C(=O)NCCc4c(C)noc4C)CC3)n2)cc1OC. The molecular formula is C24H31N5O5. The number of hydrogen-bond donors (Lipinski definition) is 1. The molecule has 1 fully saturated rings. The molecule has 0 saturated carbocycles. The number of carbonyl (C=O) groups is 1. The molecule has 1 saturated heterocycles. The van der Waals surface area contributed by atoms with Crippen molar-refractivity contribution in [1.29, 1.82) is 0 Å². The molecule has 1 amide bonds. The first-order valence-corrected chi connectivity index (χ1v) is 11.4. The summed E-state index contributed by atoms with van der Waals surface area (Å²) in [6.07, 6.45) is 2.33. The van der Waals surface area contributed by atoms with Crippen molar-refractivity contribution in [3.8, 4) is 22.9 Å². The van der Waals surface area contributed by atoms with E-state index in [-0.39, 0.29) is 11.8 Å². The van der Waals surface area contributed by atoms with Gasteiger partial charge in [-0.15, -0.1) is 0 Å². The first kappa shape index (κ1) is 23.7. The van der Waals surface area contributed by atoms with Crippen LogP contribution in [0.5, 0.6) is 11.5 Å². The van der Waals surface area contributed by atoms with Gasteiger partial charge in [0, 0.05) is 23.6 Å². The monoisotopic (exact) mass is 469 g/mol. The number of hydrogen-bond acceptors (Lipinski definition) is 9. The van der Waals surface area contributed by atoms with Crippen LogP contribution in [0.25, 0.3) is 11.4 Å². The number of aryl methyl sites for hydroxylation is 2. The van der Waals surface area contributed by atoms with Crippen LogP contribution in [-0.4, -0.2) is 60.0 Å². The van der Waals surface area contributed by atoms with Crippen molar-refractivity contribution in [2.75, 3.05) is 33.9 Å². The van der Waals surface area contributed by atoms with Crippen LogP contribution < -0.4 is 14.8 Å². The van der Waals surface area contributed by atoms with Gasteiger partial charge in [0.2, 0.25) is 17.6 Å². The van der Waals surface area contributed by atoms with E-state index >= 15 is 0 Å². The van der Waals surface area contributed by atoms with Gasteiger partial charge in [-0.3, -0.25) is 9.69 Å². The van der Waals surface area contributed by atoms with Crippen LogP contribution in [0.2, 0.25) is 0 Å². The van der Waals surface area contributed by atoms with Gasteiger partial charge < -0.3 is 23.8 Å². The predicted molar refractivity (Wildman–Crippen MR) is 124 cm³/mol. The third-order valence-electron chi connectivity index (χ3n) is 6.28. The van der Waals surface area contributed by atoms with Crippen molar-refractivity contribution < 1.29 is 23.3 Å². The topological polar surface area (TPSA) is 116 Å². The van der Waals surface area contributed by atoms with Crippen molar-refractivity contribution in [1.82, 2.24) is 25.5 Å². The number of benzene rings is 1. The van der Waals surface area contributed by atoms with Crippen LogP contribution in [-0.2, 0) is 17.8 Å². The fourth-order valence-electron chi connectivity index (χ4n) is 4.27. The number of ether oxygens (including phenoxy) is 2. The molecule has 0 aliphatic carbocycles. The molecule has 182 valence electrons. The quantitative estimate of drug-likeness (QED) is 0.505. The van der Waals surface area contributed by atoms with Crippen LogP contribution in [0.1, 0.15) is 35.7 Å². The summed E-state index contributed by atoms with van der Waals surface area (Å²) in [7, 11) is 3.18. The van der Waals surface area contributed by atoms with Crippen molar-refractivity contribution >= 4 is 5.91 Å². The molecule has 1 aliphatic heterocycles. The molecule has 1 aromatic carbocycles. The van der Waals surface area contributed by atoms with Crippen LogP contribution in [0.4, 0.5) is 0 Å². The number of aromatic nitrogens is 3. The number of nitrogens with one attached hydrogen (secondary N) is 1. The molecule has 1 aliphatic rings. The Morgan fingerprint density at radius 3 is 2.56 bits per heavy atom. The Labute approximate surface area is 198 Å². The maximum absolute atomic E-state index is 12.6. The third kappa shape index (κ3) is 5.39. The largest absolute Gasteiger partial charge is 0.493 e. The average Bonchev–Trinajstić information content (AvgIpc) is 3.45. The molecule has 3 heterocycles. The molecule has 0 bridgehead atoms. The second-order valence-corrected chi connectivity index (χ2v) is 8.48. The van der Waals surface area contributed by atoms with E-state index in [1.165, 1.54) is 0 Å². The molecule has 3 aromatic rings. The van der Waals surface area contributed by atoms with Crippen LogP contribution >= 0.6 is 0 Å². The van der Waals surface area contributed by atoms with E-state index in [1.54, 1.807) is 14.2 Å². The molecule has 2 aromatic heterocycles. The second-order valence-electron chi connectivity index (χ2n) is 8.48. The molecule has 1 N–H and O–H groups in total. The highest BCUT2D eigenvalue weighted by molar-refractivity contribution is 5.78. The standard InChI is InChI=1S/C24H31N5O5/c1-15-19(16(2)33-27-15)7-10-25-24(30)17-8-11-29(12-9-17)14-22-26-23(28-34-22)18-5-6-20(31-3)21(13-18)32-4/h5-6,13,17H,7-12,14H2,1-4H3,(H,25,30). The lowest BCUT2D eigenvalue weighted by Crippen LogP contribution is -2.40. The van der Waals surface area contributed by atoms with Gasteiger partial charge in [0.15, 0.2) is 11.5 Å². The van der Waals surface area contributed by atoms with Gasteiger partial charge >= 0.3 is 0 Å². The molecule has 0 radical (unpaired) electrons. The van der Waals surface area contributed by atoms with Gasteiger partial charge in [0.25, 0.3) is 0 Å². The number of nitrogens with zero attached hydrogens (tertiary/aromatic N) is 4. The zero-order valence-corrected chi connectivity index (χ0v) is 20.1. The summed E-state index contributed by atoms with van der Waals surface area (Å²) in [6.45, 7) is 6.56. The molecule has 10 nitrogen and oxygen atoms in total. The van der Waals surface area contributed by atoms with E-state index in [9.17, 15) is 4.79 Å². The highest BCUT2D eigenvalue weighted by atomic mass is 16.5. The van der Waals surface area contributed by atoms with Gasteiger partial charge in [-0.25, -0.2) is 0 Å². The maximum Gasteiger partial charge on any atom is 0.241 e. The molecule has 10 heteroatoms. The predicted octanol–water partition coefficient (Wildman–Crippen LogP) is 2.93. The molecule has 34 heavy (non-hydrogen) atoms. The fourth-order valence-corrected chi connectivity index (χ4v) is 4.27. The Morgan fingerprint density at radius 2 is 1.88 bits per heavy atom. The van der Waals surface area contributed by atoms with E-state index in [0.717, 1.165) is 54.9 Å². The first-order valence-electron chi connectivity index (χ1n) is 11.4. The van der Waals surface area contributed by atoms with E-state index < -0.39 is 0 Å². The molecule has 0 atom stereocenters. The van der Waals surface area contributed by atoms with Crippen LogP contribution in [0.3, 0.4) is 0 Å². The Bertz CT molecular complexity index is 1100. The molecule has 0 unspecified atom stereocenters. The zero-order valence-electron chi connectivity index (χ0n) is 20.1. The number of piperidine rings is 1. The number of carbonyl (C=O) groups excluding carboxylic acids is 1. The lowest BCUT2D eigenvalue weighted by Gasteiger charge is -2.30. The van der Waals surface area contributed by atoms with Crippen LogP contribution in [0.15, 0.2) is 27.2 Å². The van der Waals surface area contributed by atoms with Gasteiger partial charge in [-0.1, -0.05) is 10.3 Å². The summed E-state index contributed by atoms with van der Waals surface area (Å²) in [4.78, 5) is 19.4. The fraction of sp³-hybridized carbons (Fsp3) is 0.500. The normalized spacial score (nSPS) is 14.8. The number of methoxy groups -OCH3 is 2. The van der Waals surface area contributed by atoms with Gasteiger partial charge in [-0.05, 0) is 64.4 Å². The van der Waals surface area contributed by atoms with Gasteiger partial charge in [0.05, 0.1) is 26.5 Å². The summed E-state index contributed by atoms with van der Waals surface area (Å²) in [5.74, 6) is 3.25. The van der Waals surface area contributed by atoms with Crippen molar-refractivity contribution in [3.05, 3.63) is 41.1 Å². The number of rotatable bonds is 9. The Hall–Kier alpha value is -3.40. The molecule has 0 spiro atoms. The lowest BCUT2D eigenvalue weighted by atomic mass is 9.96. The van der Waals surface area contributed by atoms with Crippen molar-refractivity contribution in [2.24, 2.45) is 5.92 Å². The highest BCUT2D eigenvalue weighted by Crippen LogP contribution is 2.31. The van der Waals surface area contributed by atoms with E-state index in [2.05, 4.69) is 25.5 Å². The smallest absolute Gasteiger partial charge is 0.241 e. The summed E-state index contributed by atoms with van der Waals surface area (Å²) in [5, 5.41) is 11.1. The zero-order chi connectivity index (χ0) is 24.1. The van der Waals surface area contributed by atoms with Crippen molar-refractivity contribution in [2.45, 2.75) is 39.7 Å². The van der Waals surface area contributed by atoms with Crippen molar-refractivity contribution in [3.63, 3.8) is 0 Å². The minimum Gasteiger partial charge on any atom is -0.493 e. The minimum atomic E-state index is 0.0194. The summed E-state index contributed by atoms with van der Waals surface area (Å²) >= 11 is 0. The molecule has 4 rings (SSSR count). The minimum absolute atomic E-state index is 0.0194. The summed E-state index contributed by atoms with van der Waals surface area (Å²) in [6, 6.07) is 5.50. The summed E-state index contributed by atoms with van der Waals surface area (Å²) in [5.41, 5.74) is 2.75. The van der Waals surface area contributed by atoms with Gasteiger partial charge in [0.1, 0.15) is 5.76 Å². The highest BCUT2D eigenvalue weighted by Gasteiger charge is 2.26. The first-order chi connectivity index (χ1) is 16.5. The second kappa shape index (κ2) is 10.7.